The summed E-state index contributed by atoms with van der Waals surface area (Å²) >= 11 is 0. The summed E-state index contributed by atoms with van der Waals surface area (Å²) in [7, 11) is 0. The second-order valence-corrected chi connectivity index (χ2v) is 18.5. The van der Waals surface area contributed by atoms with E-state index in [4.69, 9.17) is 9.47 Å². The van der Waals surface area contributed by atoms with Crippen molar-refractivity contribution in [2.24, 2.45) is 17.8 Å². The highest BCUT2D eigenvalue weighted by Gasteiger charge is 2.51. The first-order valence-electron chi connectivity index (χ1n) is 21.5. The first-order valence-corrected chi connectivity index (χ1v) is 21.5. The van der Waals surface area contributed by atoms with E-state index in [1.165, 1.54) is 0 Å². The molecule has 8 atom stereocenters. The van der Waals surface area contributed by atoms with Gasteiger partial charge in [0.25, 0.3) is 0 Å². The first kappa shape index (κ1) is 44.5. The molecule has 4 heterocycles. The second-order valence-electron chi connectivity index (χ2n) is 18.5. The number of rotatable bonds is 14. The Bertz CT molecular complexity index is 1720. The van der Waals surface area contributed by atoms with E-state index in [-0.39, 0.29) is 54.6 Å². The van der Waals surface area contributed by atoms with Gasteiger partial charge in [0, 0.05) is 55.6 Å². The van der Waals surface area contributed by atoms with Gasteiger partial charge in [-0.3, -0.25) is 24.0 Å². The molecule has 4 saturated heterocycles. The molecule has 0 bridgehead atoms. The van der Waals surface area contributed by atoms with Crippen molar-refractivity contribution in [3.63, 3.8) is 0 Å². The number of ether oxygens (including phenoxy) is 2. The average Bonchev–Trinajstić information content (AvgIpc) is 3.97. The van der Waals surface area contributed by atoms with Gasteiger partial charge >= 0.3 is 12.1 Å². The van der Waals surface area contributed by atoms with Crippen LogP contribution in [-0.4, -0.2) is 113 Å². The van der Waals surface area contributed by atoms with E-state index >= 15 is 0 Å². The molecule has 4 aliphatic rings. The van der Waals surface area contributed by atoms with E-state index in [0.717, 1.165) is 0 Å². The van der Waals surface area contributed by atoms with Crippen LogP contribution < -0.4 is 26.6 Å². The normalized spacial score (nSPS) is 24.5. The number of amides is 5. The summed E-state index contributed by atoms with van der Waals surface area (Å²) in [4.78, 5) is 85.9. The number of carbonyl (C=O) groups is 6. The van der Waals surface area contributed by atoms with Crippen LogP contribution in [0.2, 0.25) is 0 Å². The Morgan fingerprint density at radius 1 is 0.667 bits per heavy atom. The van der Waals surface area contributed by atoms with E-state index in [1.54, 1.807) is 51.3 Å². The van der Waals surface area contributed by atoms with Crippen molar-refractivity contribution in [1.82, 2.24) is 25.8 Å². The highest BCUT2D eigenvalue weighted by atomic mass is 16.6. The average molecular weight is 830 g/mol. The Balaban J connectivity index is 1.14. The summed E-state index contributed by atoms with van der Waals surface area (Å²) in [6.45, 7) is 12.3. The van der Waals surface area contributed by atoms with Crippen molar-refractivity contribution in [3.05, 3.63) is 60.7 Å². The van der Waals surface area contributed by atoms with Crippen LogP contribution in [0.3, 0.4) is 0 Å². The highest BCUT2D eigenvalue weighted by Crippen LogP contribution is 2.34. The molecular weight excluding hydrogens is 767 g/mol. The van der Waals surface area contributed by atoms with E-state index in [2.05, 4.69) is 26.6 Å². The number of para-hydroxylation sites is 2. The summed E-state index contributed by atoms with van der Waals surface area (Å²) in [6, 6.07) is 16.6. The van der Waals surface area contributed by atoms with E-state index in [9.17, 15) is 28.8 Å². The topological polar surface area (TPSA) is 188 Å². The van der Waals surface area contributed by atoms with Gasteiger partial charge in [-0.25, -0.2) is 4.79 Å². The van der Waals surface area contributed by atoms with Crippen molar-refractivity contribution in [1.29, 1.82) is 0 Å². The minimum absolute atomic E-state index is 0.0439. The van der Waals surface area contributed by atoms with Crippen LogP contribution in [-0.2, 0) is 33.4 Å². The zero-order chi connectivity index (χ0) is 43.2. The summed E-state index contributed by atoms with van der Waals surface area (Å²) in [5, 5.41) is 15.7. The Morgan fingerprint density at radius 3 is 1.62 bits per heavy atom. The van der Waals surface area contributed by atoms with Gasteiger partial charge in [0.05, 0.1) is 30.3 Å². The Hall–Kier alpha value is -5.02. The predicted octanol–water partition coefficient (Wildman–Crippen LogP) is 4.44. The lowest BCUT2D eigenvalue weighted by Gasteiger charge is -2.32. The van der Waals surface area contributed by atoms with Gasteiger partial charge < -0.3 is 45.9 Å². The molecule has 4 fully saturated rings. The number of benzene rings is 2. The third-order valence-electron chi connectivity index (χ3n) is 11.7. The number of likely N-dealkylation sites (tertiary alicyclic amines) is 2. The number of hydrogen-bond acceptors (Lipinski definition) is 10. The van der Waals surface area contributed by atoms with Crippen LogP contribution in [0.15, 0.2) is 60.7 Å². The lowest BCUT2D eigenvalue weighted by Crippen LogP contribution is -2.54. The van der Waals surface area contributed by atoms with Crippen molar-refractivity contribution < 1.29 is 38.2 Å². The Morgan fingerprint density at radius 2 is 1.13 bits per heavy atom. The van der Waals surface area contributed by atoms with Crippen LogP contribution in [0.1, 0.15) is 86.5 Å². The molecule has 2 aromatic carbocycles. The molecule has 4 aliphatic heterocycles. The molecule has 0 radical (unpaired) electrons. The third-order valence-corrected chi connectivity index (χ3v) is 11.7. The molecular formula is C45H63N7O8. The Kier molecular flexibility index (Phi) is 14.2. The van der Waals surface area contributed by atoms with Crippen LogP contribution in [0, 0.1) is 17.8 Å². The smallest absolute Gasteiger partial charge is 0.408 e. The van der Waals surface area contributed by atoms with Crippen molar-refractivity contribution in [3.8, 4) is 0 Å². The number of nitrogens with zero attached hydrogens (tertiary/aromatic N) is 2. The summed E-state index contributed by atoms with van der Waals surface area (Å²) in [5.74, 6) is -3.03. The zero-order valence-corrected chi connectivity index (χ0v) is 35.8. The molecule has 60 heavy (non-hydrogen) atoms. The molecule has 6 rings (SSSR count). The molecule has 0 aromatic heterocycles. The molecule has 15 nitrogen and oxygen atoms in total. The molecule has 0 spiro atoms. The number of alkyl carbamates (subject to hydrolysis) is 1. The maximum Gasteiger partial charge on any atom is 0.408 e. The summed E-state index contributed by atoms with van der Waals surface area (Å²) < 4.78 is 11.2. The minimum atomic E-state index is -0.954. The van der Waals surface area contributed by atoms with Crippen LogP contribution in [0.5, 0.6) is 0 Å². The number of hydrogen-bond donors (Lipinski definition) is 5. The molecule has 5 amide bonds. The van der Waals surface area contributed by atoms with Crippen LogP contribution in [0.4, 0.5) is 16.2 Å². The number of carbonyl (C=O) groups excluding carboxylic acids is 6. The lowest BCUT2D eigenvalue weighted by molar-refractivity contribution is -0.159. The quantitative estimate of drug-likeness (QED) is 0.135. The molecule has 2 aromatic rings. The number of unbranched alkanes of at least 4 members (excludes halogenated alkanes) is 1. The third kappa shape index (κ3) is 11.4. The summed E-state index contributed by atoms with van der Waals surface area (Å²) in [5.41, 5.74) is -0.190. The van der Waals surface area contributed by atoms with Gasteiger partial charge in [0.1, 0.15) is 17.2 Å². The zero-order valence-electron chi connectivity index (χ0n) is 35.8. The molecule has 0 saturated carbocycles. The molecule has 0 aliphatic carbocycles. The largest absolute Gasteiger partial charge is 0.460 e. The fourth-order valence-electron chi connectivity index (χ4n) is 9.17. The van der Waals surface area contributed by atoms with Gasteiger partial charge in [-0.2, -0.15) is 0 Å². The minimum Gasteiger partial charge on any atom is -0.460 e. The van der Waals surface area contributed by atoms with Gasteiger partial charge in [-0.15, -0.1) is 0 Å². The van der Waals surface area contributed by atoms with Gasteiger partial charge in [-0.1, -0.05) is 49.2 Å². The van der Waals surface area contributed by atoms with Crippen LogP contribution in [0.25, 0.3) is 0 Å². The lowest BCUT2D eigenvalue weighted by atomic mass is 9.92. The van der Waals surface area contributed by atoms with Gasteiger partial charge in [-0.05, 0) is 91.5 Å². The molecule has 326 valence electrons. The predicted molar refractivity (Wildman–Crippen MR) is 227 cm³/mol. The number of esters is 1. The second kappa shape index (κ2) is 19.1. The summed E-state index contributed by atoms with van der Waals surface area (Å²) in [6.07, 6.45) is 1.98. The number of fused-ring (bicyclic) bond motifs is 2. The fourth-order valence-corrected chi connectivity index (χ4v) is 9.17. The molecule has 5 N–H and O–H groups in total. The fraction of sp³-hybridized carbons (Fsp3) is 0.600. The van der Waals surface area contributed by atoms with Crippen LogP contribution >= 0.6 is 0 Å². The maximum atomic E-state index is 14.5. The number of nitrogens with one attached hydrogen (secondary N) is 5. The van der Waals surface area contributed by atoms with Crippen molar-refractivity contribution in [2.75, 3.05) is 36.8 Å². The van der Waals surface area contributed by atoms with E-state index < -0.39 is 53.1 Å². The van der Waals surface area contributed by atoms with Gasteiger partial charge in [0.15, 0.2) is 0 Å². The van der Waals surface area contributed by atoms with Gasteiger partial charge in [0.2, 0.25) is 23.6 Å². The molecule has 0 unspecified atom stereocenters. The van der Waals surface area contributed by atoms with E-state index in [1.807, 2.05) is 60.7 Å². The first-order chi connectivity index (χ1) is 28.5. The van der Waals surface area contributed by atoms with Crippen molar-refractivity contribution in [2.45, 2.75) is 128 Å². The Labute approximate surface area is 353 Å². The van der Waals surface area contributed by atoms with E-state index in [0.29, 0.717) is 69.7 Å². The van der Waals surface area contributed by atoms with Crippen molar-refractivity contribution >= 4 is 47.1 Å². The SMILES string of the molecule is CC(C)(C)OC(=O)C[C@@H](CCCC[C@H](NC(=O)OC(C)(C)C)C(=O)N1CC[C@H]2NC[C@H](C(=O)Nc3ccccc3)[C@H]21)C(=O)N1CC[C@H]2NC[C@H](C(=O)Nc3ccccc3)[C@H]21. The highest BCUT2D eigenvalue weighted by molar-refractivity contribution is 5.95. The standard InChI is InChI=1S/C45H63N7O8/c1-44(2,3)59-36(53)25-28(41(56)51-23-21-33-37(51)31(26-46-33)39(54)48-29-16-9-7-10-17-29)15-13-14-20-35(50-43(58)60-45(4,5)6)42(57)52-24-22-34-38(52)32(27-47-34)40(55)49-30-18-11-8-12-19-30/h7-12,16-19,28,31-35,37-38,46-47H,13-15,20-27H2,1-6H3,(H,48,54)(H,49,55)(H,50,58)/t28-,31+,32+,33-,34-,35+,37-,38-/m1/s1. The molecule has 15 heteroatoms. The number of anilines is 2. The monoisotopic (exact) mass is 829 g/mol. The maximum absolute atomic E-state index is 14.5.